The molecule has 2 aliphatic rings. The lowest BCUT2D eigenvalue weighted by atomic mass is 9.78. The molecule has 0 saturated carbocycles. The summed E-state index contributed by atoms with van der Waals surface area (Å²) in [7, 11) is 2.65. The zero-order valence-electron chi connectivity index (χ0n) is 13.7. The average Bonchev–Trinajstić information content (AvgIpc) is 3.05. The Morgan fingerprint density at radius 3 is 2.67 bits per heavy atom. The molecule has 2 aliphatic heterocycles. The van der Waals surface area contributed by atoms with Crippen molar-refractivity contribution < 1.29 is 23.5 Å². The zero-order valence-corrected chi connectivity index (χ0v) is 13.7. The maximum atomic E-state index is 13.6. The molecule has 128 valence electrons. The summed E-state index contributed by atoms with van der Waals surface area (Å²) in [5.41, 5.74) is -0.769. The summed E-state index contributed by atoms with van der Waals surface area (Å²) >= 11 is 0. The molecule has 0 spiro atoms. The zero-order chi connectivity index (χ0) is 17.6. The third-order valence-corrected chi connectivity index (χ3v) is 5.19. The summed E-state index contributed by atoms with van der Waals surface area (Å²) in [5.74, 6) is -3.43. The van der Waals surface area contributed by atoms with Gasteiger partial charge < -0.3 is 4.74 Å². The number of hydrogen-bond acceptors (Lipinski definition) is 5. The number of carbonyl (C=O) groups is 3. The average molecular weight is 334 g/mol. The number of esters is 1. The highest BCUT2D eigenvalue weighted by molar-refractivity contribution is 6.09. The van der Waals surface area contributed by atoms with E-state index in [1.807, 2.05) is 0 Å². The van der Waals surface area contributed by atoms with Crippen molar-refractivity contribution in [2.75, 3.05) is 14.2 Å². The second kappa shape index (κ2) is 5.66. The number of imide groups is 1. The van der Waals surface area contributed by atoms with Crippen LogP contribution in [0.3, 0.4) is 0 Å². The first kappa shape index (κ1) is 16.6. The van der Waals surface area contributed by atoms with E-state index in [1.54, 1.807) is 13.0 Å². The number of halogens is 1. The molecule has 24 heavy (non-hydrogen) atoms. The van der Waals surface area contributed by atoms with E-state index in [9.17, 15) is 18.8 Å². The molecule has 2 heterocycles. The molecule has 0 aromatic heterocycles. The maximum Gasteiger partial charge on any atom is 0.326 e. The van der Waals surface area contributed by atoms with Crippen molar-refractivity contribution in [1.82, 2.24) is 10.2 Å². The topological polar surface area (TPSA) is 75.7 Å². The van der Waals surface area contributed by atoms with Gasteiger partial charge in [-0.25, -0.2) is 4.39 Å². The fourth-order valence-electron chi connectivity index (χ4n) is 3.97. The van der Waals surface area contributed by atoms with Gasteiger partial charge in [-0.2, -0.15) is 0 Å². The predicted molar refractivity (Wildman–Crippen MR) is 82.1 cm³/mol. The van der Waals surface area contributed by atoms with Crippen LogP contribution in [0.15, 0.2) is 24.3 Å². The van der Waals surface area contributed by atoms with Gasteiger partial charge in [0.05, 0.1) is 18.9 Å². The van der Waals surface area contributed by atoms with E-state index in [2.05, 4.69) is 5.32 Å². The number of nitrogens with zero attached hydrogens (tertiary/aromatic N) is 1. The van der Waals surface area contributed by atoms with Crippen molar-refractivity contribution in [3.8, 4) is 0 Å². The number of benzene rings is 1. The number of ether oxygens (including phenoxy) is 1. The van der Waals surface area contributed by atoms with E-state index in [0.29, 0.717) is 5.56 Å². The van der Waals surface area contributed by atoms with E-state index in [-0.39, 0.29) is 12.3 Å². The first-order valence-electron chi connectivity index (χ1n) is 7.80. The smallest absolute Gasteiger partial charge is 0.326 e. The lowest BCUT2D eigenvalue weighted by Crippen LogP contribution is -2.55. The molecule has 6 nitrogen and oxygen atoms in total. The second-order valence-corrected chi connectivity index (χ2v) is 6.23. The van der Waals surface area contributed by atoms with Gasteiger partial charge in [0.25, 0.3) is 0 Å². The second-order valence-electron chi connectivity index (χ2n) is 6.23. The molecule has 1 aromatic rings. The quantitative estimate of drug-likeness (QED) is 0.660. The van der Waals surface area contributed by atoms with Gasteiger partial charge in [0, 0.05) is 13.1 Å². The van der Waals surface area contributed by atoms with E-state index in [4.69, 9.17) is 4.74 Å². The van der Waals surface area contributed by atoms with Crippen LogP contribution < -0.4 is 5.32 Å². The van der Waals surface area contributed by atoms with Crippen LogP contribution in [0, 0.1) is 17.7 Å². The molecule has 3 rings (SSSR count). The molecule has 2 fully saturated rings. The third kappa shape index (κ3) is 2.07. The van der Waals surface area contributed by atoms with E-state index >= 15 is 0 Å². The number of nitrogens with one attached hydrogen (secondary N) is 1. The first-order chi connectivity index (χ1) is 11.4. The minimum absolute atomic E-state index is 0.277. The highest BCUT2D eigenvalue weighted by Gasteiger charge is 2.67. The van der Waals surface area contributed by atoms with Crippen LogP contribution in [0.5, 0.6) is 0 Å². The number of likely N-dealkylation sites (tertiary alicyclic amines) is 1. The summed E-state index contributed by atoms with van der Waals surface area (Å²) in [6.45, 7) is 1.75. The summed E-state index contributed by atoms with van der Waals surface area (Å²) in [4.78, 5) is 38.7. The first-order valence-corrected chi connectivity index (χ1v) is 7.80. The van der Waals surface area contributed by atoms with Crippen LogP contribution in [-0.2, 0) is 19.1 Å². The molecular weight excluding hydrogens is 315 g/mol. The minimum Gasteiger partial charge on any atom is -0.468 e. The van der Waals surface area contributed by atoms with Crippen LogP contribution >= 0.6 is 0 Å². The van der Waals surface area contributed by atoms with Gasteiger partial charge in [-0.3, -0.25) is 24.6 Å². The van der Waals surface area contributed by atoms with Crippen LogP contribution in [0.25, 0.3) is 0 Å². The third-order valence-electron chi connectivity index (χ3n) is 5.19. The number of fused-ring (bicyclic) bond motifs is 1. The number of hydrogen-bond donors (Lipinski definition) is 1. The van der Waals surface area contributed by atoms with Crippen LogP contribution in [-0.4, -0.2) is 42.4 Å². The molecule has 0 bridgehead atoms. The Morgan fingerprint density at radius 2 is 2.08 bits per heavy atom. The van der Waals surface area contributed by atoms with Crippen molar-refractivity contribution in [2.24, 2.45) is 11.8 Å². The summed E-state index contributed by atoms with van der Waals surface area (Å²) in [6.07, 6.45) is 0.277. The maximum absolute atomic E-state index is 13.6. The summed E-state index contributed by atoms with van der Waals surface area (Å²) < 4.78 is 18.5. The molecule has 2 saturated heterocycles. The van der Waals surface area contributed by atoms with Crippen LogP contribution in [0.2, 0.25) is 0 Å². The molecule has 0 radical (unpaired) electrons. The van der Waals surface area contributed by atoms with E-state index < -0.39 is 41.1 Å². The fraction of sp³-hybridized carbons (Fsp3) is 0.471. The monoisotopic (exact) mass is 334 g/mol. The Hall–Kier alpha value is -2.28. The molecule has 4 atom stereocenters. The Labute approximate surface area is 139 Å². The molecule has 2 amide bonds. The highest BCUT2D eigenvalue weighted by Crippen LogP contribution is 2.49. The van der Waals surface area contributed by atoms with E-state index in [1.165, 1.54) is 32.4 Å². The van der Waals surface area contributed by atoms with Gasteiger partial charge in [-0.1, -0.05) is 19.1 Å². The molecule has 1 N–H and O–H groups in total. The number of methoxy groups -OCH3 is 1. The van der Waals surface area contributed by atoms with E-state index in [0.717, 1.165) is 4.90 Å². The fourth-order valence-corrected chi connectivity index (χ4v) is 3.97. The molecule has 0 aliphatic carbocycles. The van der Waals surface area contributed by atoms with Gasteiger partial charge in [0.2, 0.25) is 11.8 Å². The van der Waals surface area contributed by atoms with Crippen molar-refractivity contribution in [1.29, 1.82) is 0 Å². The lowest BCUT2D eigenvalue weighted by molar-refractivity contribution is -0.154. The van der Waals surface area contributed by atoms with Crippen molar-refractivity contribution in [2.45, 2.75) is 24.9 Å². The highest BCUT2D eigenvalue weighted by atomic mass is 19.1. The Kier molecular flexibility index (Phi) is 3.91. The number of rotatable bonds is 3. The van der Waals surface area contributed by atoms with Crippen molar-refractivity contribution in [3.05, 3.63) is 35.6 Å². The minimum atomic E-state index is -1.30. The van der Waals surface area contributed by atoms with Gasteiger partial charge in [-0.15, -0.1) is 0 Å². The van der Waals surface area contributed by atoms with Crippen LogP contribution in [0.1, 0.15) is 24.9 Å². The Morgan fingerprint density at radius 1 is 1.38 bits per heavy atom. The standard InChI is InChI=1S/C17H19FN2O4/c1-4-17(16(23)24-3)12-11(14(21)20(2)15(12)22)13(19-17)9-6-5-7-10(18)8-9/h5-8,11-13,19H,4H2,1-3H3/t11-,12+,13-,17+/m1/s1. The number of carbonyl (C=O) groups excluding carboxylic acids is 3. The van der Waals surface area contributed by atoms with Gasteiger partial charge in [0.1, 0.15) is 11.4 Å². The molecule has 1 aromatic carbocycles. The molecule has 7 heteroatoms. The summed E-state index contributed by atoms with van der Waals surface area (Å²) in [5, 5.41) is 3.12. The normalized spacial score (nSPS) is 32.2. The SMILES string of the molecule is CC[C@]1(C(=O)OC)N[C@H](c2cccc(F)c2)[C@@H]2C(=O)N(C)C(=O)[C@H]21. The summed E-state index contributed by atoms with van der Waals surface area (Å²) in [6, 6.07) is 5.20. The van der Waals surface area contributed by atoms with Crippen LogP contribution in [0.4, 0.5) is 4.39 Å². The molecular formula is C17H19FN2O4. The molecule has 0 unspecified atom stereocenters. The Balaban J connectivity index is 2.14. The number of amides is 2. The van der Waals surface area contributed by atoms with Gasteiger partial charge in [-0.05, 0) is 24.1 Å². The largest absolute Gasteiger partial charge is 0.468 e. The van der Waals surface area contributed by atoms with Gasteiger partial charge in [0.15, 0.2) is 0 Å². The predicted octanol–water partition coefficient (Wildman–Crippen LogP) is 1.02. The Bertz CT molecular complexity index is 722. The van der Waals surface area contributed by atoms with Crippen molar-refractivity contribution >= 4 is 17.8 Å². The van der Waals surface area contributed by atoms with Gasteiger partial charge >= 0.3 is 5.97 Å². The van der Waals surface area contributed by atoms with Crippen molar-refractivity contribution in [3.63, 3.8) is 0 Å². The lowest BCUT2D eigenvalue weighted by Gasteiger charge is -2.30.